The van der Waals surface area contributed by atoms with Gasteiger partial charge in [-0.1, -0.05) is 48.8 Å². The Bertz CT molecular complexity index is 1050. The van der Waals surface area contributed by atoms with Gasteiger partial charge in [0.25, 0.3) is 0 Å². The number of hydrogen-bond donors (Lipinski definition) is 1. The smallest absolute Gasteiger partial charge is 0.157 e. The Hall–Kier alpha value is -2.86. The fourth-order valence-electron chi connectivity index (χ4n) is 2.72. The van der Waals surface area contributed by atoms with E-state index in [1.54, 1.807) is 10.7 Å². The standard InChI is InChI=1S/C19H18ClN5O/c1-12(2)16-10-19(25-18(23-16)7-8-22-25)21-11-13-9-17(24-26-13)14-5-3-4-6-15(14)20/h3-10,12,21H,11H2,1-2H3. The Labute approximate surface area is 155 Å². The highest BCUT2D eigenvalue weighted by molar-refractivity contribution is 6.33. The largest absolute Gasteiger partial charge is 0.363 e. The van der Waals surface area contributed by atoms with Crippen molar-refractivity contribution in [2.75, 3.05) is 5.32 Å². The maximum Gasteiger partial charge on any atom is 0.157 e. The normalized spacial score (nSPS) is 11.4. The minimum atomic E-state index is 0.326. The van der Waals surface area contributed by atoms with Crippen LogP contribution in [0.5, 0.6) is 0 Å². The molecule has 132 valence electrons. The molecule has 0 atom stereocenters. The first-order valence-corrected chi connectivity index (χ1v) is 8.78. The van der Waals surface area contributed by atoms with Gasteiger partial charge in [0.15, 0.2) is 11.4 Å². The molecule has 26 heavy (non-hydrogen) atoms. The molecule has 0 aliphatic heterocycles. The third kappa shape index (κ3) is 3.15. The zero-order chi connectivity index (χ0) is 18.1. The van der Waals surface area contributed by atoms with Crippen LogP contribution in [0.3, 0.4) is 0 Å². The van der Waals surface area contributed by atoms with Crippen molar-refractivity contribution >= 4 is 23.1 Å². The predicted octanol–water partition coefficient (Wildman–Crippen LogP) is 4.77. The molecule has 1 aromatic carbocycles. The monoisotopic (exact) mass is 367 g/mol. The van der Waals surface area contributed by atoms with E-state index in [1.165, 1.54) is 0 Å². The van der Waals surface area contributed by atoms with E-state index in [1.807, 2.05) is 42.5 Å². The van der Waals surface area contributed by atoms with Crippen molar-refractivity contribution in [2.24, 2.45) is 0 Å². The highest BCUT2D eigenvalue weighted by atomic mass is 35.5. The molecular formula is C19H18ClN5O. The number of anilines is 1. The Morgan fingerprint density at radius 2 is 2.04 bits per heavy atom. The molecule has 7 heteroatoms. The molecule has 0 unspecified atom stereocenters. The van der Waals surface area contributed by atoms with Gasteiger partial charge < -0.3 is 9.84 Å². The number of halogens is 1. The van der Waals surface area contributed by atoms with Crippen molar-refractivity contribution in [3.05, 3.63) is 65.1 Å². The highest BCUT2D eigenvalue weighted by Crippen LogP contribution is 2.27. The third-order valence-corrected chi connectivity index (χ3v) is 4.45. The summed E-state index contributed by atoms with van der Waals surface area (Å²) in [6.45, 7) is 4.71. The lowest BCUT2D eigenvalue weighted by Crippen LogP contribution is -2.07. The van der Waals surface area contributed by atoms with Crippen LogP contribution in [0.1, 0.15) is 31.2 Å². The minimum Gasteiger partial charge on any atom is -0.363 e. The van der Waals surface area contributed by atoms with Gasteiger partial charge >= 0.3 is 0 Å². The van der Waals surface area contributed by atoms with Crippen LogP contribution in [0.2, 0.25) is 5.02 Å². The lowest BCUT2D eigenvalue weighted by atomic mass is 10.1. The van der Waals surface area contributed by atoms with Gasteiger partial charge in [0.2, 0.25) is 0 Å². The lowest BCUT2D eigenvalue weighted by Gasteiger charge is -2.11. The van der Waals surface area contributed by atoms with Crippen LogP contribution < -0.4 is 5.32 Å². The topological polar surface area (TPSA) is 68.2 Å². The molecule has 1 N–H and O–H groups in total. The Morgan fingerprint density at radius 1 is 1.19 bits per heavy atom. The Kier molecular flexibility index (Phi) is 4.34. The summed E-state index contributed by atoms with van der Waals surface area (Å²) in [6.07, 6.45) is 1.74. The first-order valence-electron chi connectivity index (χ1n) is 8.41. The second-order valence-electron chi connectivity index (χ2n) is 6.33. The predicted molar refractivity (Wildman–Crippen MR) is 101 cm³/mol. The average molecular weight is 368 g/mol. The van der Waals surface area contributed by atoms with E-state index < -0.39 is 0 Å². The van der Waals surface area contributed by atoms with E-state index in [9.17, 15) is 0 Å². The van der Waals surface area contributed by atoms with E-state index in [-0.39, 0.29) is 0 Å². The summed E-state index contributed by atoms with van der Waals surface area (Å²) in [7, 11) is 0. The van der Waals surface area contributed by atoms with Crippen molar-refractivity contribution in [2.45, 2.75) is 26.3 Å². The van der Waals surface area contributed by atoms with Crippen LogP contribution in [-0.4, -0.2) is 19.8 Å². The summed E-state index contributed by atoms with van der Waals surface area (Å²) in [5, 5.41) is 12.5. The van der Waals surface area contributed by atoms with E-state index in [0.717, 1.165) is 22.7 Å². The van der Waals surface area contributed by atoms with Crippen molar-refractivity contribution in [3.8, 4) is 11.3 Å². The second-order valence-corrected chi connectivity index (χ2v) is 6.74. The van der Waals surface area contributed by atoms with Crippen LogP contribution >= 0.6 is 11.6 Å². The Balaban J connectivity index is 1.58. The van der Waals surface area contributed by atoms with Gasteiger partial charge in [-0.25, -0.2) is 4.98 Å². The molecule has 0 radical (unpaired) electrons. The van der Waals surface area contributed by atoms with Crippen LogP contribution in [0.25, 0.3) is 16.9 Å². The van der Waals surface area contributed by atoms with Crippen LogP contribution in [0, 0.1) is 0 Å². The molecule has 3 heterocycles. The van der Waals surface area contributed by atoms with Crippen molar-refractivity contribution < 1.29 is 4.52 Å². The van der Waals surface area contributed by atoms with E-state index >= 15 is 0 Å². The van der Waals surface area contributed by atoms with Gasteiger partial charge in [-0.3, -0.25) is 0 Å². The maximum absolute atomic E-state index is 6.23. The molecule has 0 saturated heterocycles. The number of aromatic nitrogens is 4. The summed E-state index contributed by atoms with van der Waals surface area (Å²) in [4.78, 5) is 4.61. The SMILES string of the molecule is CC(C)c1cc(NCc2cc(-c3ccccc3Cl)no2)n2nccc2n1. The molecule has 3 aromatic heterocycles. The number of benzene rings is 1. The van der Waals surface area contributed by atoms with Gasteiger partial charge in [-0.2, -0.15) is 9.61 Å². The molecular weight excluding hydrogens is 350 g/mol. The second kappa shape index (κ2) is 6.80. The fraction of sp³-hybridized carbons (Fsp3) is 0.211. The highest BCUT2D eigenvalue weighted by Gasteiger charge is 2.12. The van der Waals surface area contributed by atoms with Crippen molar-refractivity contribution in [3.63, 3.8) is 0 Å². The van der Waals surface area contributed by atoms with Gasteiger partial charge in [-0.05, 0) is 12.0 Å². The molecule has 0 aliphatic rings. The van der Waals surface area contributed by atoms with Gasteiger partial charge in [0.05, 0.1) is 17.8 Å². The number of nitrogens with zero attached hydrogens (tertiary/aromatic N) is 4. The van der Waals surface area contributed by atoms with Crippen LogP contribution in [-0.2, 0) is 6.54 Å². The van der Waals surface area contributed by atoms with E-state index in [4.69, 9.17) is 16.1 Å². The summed E-state index contributed by atoms with van der Waals surface area (Å²) < 4.78 is 7.23. The molecule has 0 bridgehead atoms. The number of fused-ring (bicyclic) bond motifs is 1. The average Bonchev–Trinajstić information content (AvgIpc) is 3.29. The van der Waals surface area contributed by atoms with Gasteiger partial charge in [-0.15, -0.1) is 0 Å². The van der Waals surface area contributed by atoms with Crippen LogP contribution in [0.4, 0.5) is 5.82 Å². The quantitative estimate of drug-likeness (QED) is 0.550. The summed E-state index contributed by atoms with van der Waals surface area (Å²) >= 11 is 6.23. The lowest BCUT2D eigenvalue weighted by molar-refractivity contribution is 0.390. The van der Waals surface area contributed by atoms with Crippen molar-refractivity contribution in [1.29, 1.82) is 0 Å². The van der Waals surface area contributed by atoms with E-state index in [0.29, 0.717) is 28.9 Å². The Morgan fingerprint density at radius 3 is 2.85 bits per heavy atom. The summed E-state index contributed by atoms with van der Waals surface area (Å²) in [6, 6.07) is 13.4. The molecule has 0 amide bonds. The summed E-state index contributed by atoms with van der Waals surface area (Å²) in [5.41, 5.74) is 3.39. The maximum atomic E-state index is 6.23. The van der Waals surface area contributed by atoms with Gasteiger partial charge in [0, 0.05) is 29.5 Å². The molecule has 4 aromatic rings. The first kappa shape index (κ1) is 16.6. The third-order valence-electron chi connectivity index (χ3n) is 4.12. The van der Waals surface area contributed by atoms with Crippen molar-refractivity contribution in [1.82, 2.24) is 19.8 Å². The number of nitrogens with one attached hydrogen (secondary N) is 1. The van der Waals surface area contributed by atoms with Crippen LogP contribution in [0.15, 0.2) is 53.2 Å². The van der Waals surface area contributed by atoms with E-state index in [2.05, 4.69) is 34.4 Å². The molecule has 4 rings (SSSR count). The fourth-order valence-corrected chi connectivity index (χ4v) is 2.96. The number of rotatable bonds is 5. The minimum absolute atomic E-state index is 0.326. The molecule has 6 nitrogen and oxygen atoms in total. The number of hydrogen-bond acceptors (Lipinski definition) is 5. The first-order chi connectivity index (χ1) is 12.6. The molecule has 0 fully saturated rings. The molecule has 0 saturated carbocycles. The molecule has 0 spiro atoms. The van der Waals surface area contributed by atoms with Gasteiger partial charge in [0.1, 0.15) is 11.5 Å². The zero-order valence-corrected chi connectivity index (χ0v) is 15.2. The zero-order valence-electron chi connectivity index (χ0n) is 14.5. The molecule has 0 aliphatic carbocycles. The summed E-state index contributed by atoms with van der Waals surface area (Å²) in [5.74, 6) is 1.90.